The lowest BCUT2D eigenvalue weighted by Crippen LogP contribution is -2.24. The standard InChI is InChI=1S/C16H17N3OS/c1-4-12-5-7-13(8-6-12)14-9-21-16(17-14)19-15(20)10(2)11(3)18-19/h5-10H,4H2,1-3H3/t10-/m1/s1. The fourth-order valence-electron chi connectivity index (χ4n) is 2.20. The van der Waals surface area contributed by atoms with Crippen molar-refractivity contribution in [2.75, 3.05) is 5.01 Å². The van der Waals surface area contributed by atoms with Gasteiger partial charge in [-0.2, -0.15) is 10.1 Å². The molecule has 0 bridgehead atoms. The van der Waals surface area contributed by atoms with Gasteiger partial charge in [0.25, 0.3) is 5.91 Å². The molecule has 3 rings (SSSR count). The zero-order chi connectivity index (χ0) is 15.0. The molecule has 1 atom stereocenters. The average molecular weight is 299 g/mol. The van der Waals surface area contributed by atoms with Crippen LogP contribution in [-0.4, -0.2) is 16.6 Å². The van der Waals surface area contributed by atoms with Gasteiger partial charge in [-0.1, -0.05) is 31.2 Å². The first-order valence-electron chi connectivity index (χ1n) is 7.04. The van der Waals surface area contributed by atoms with Crippen molar-refractivity contribution in [3.8, 4) is 11.3 Å². The van der Waals surface area contributed by atoms with Crippen LogP contribution in [0.4, 0.5) is 5.13 Å². The number of rotatable bonds is 3. The van der Waals surface area contributed by atoms with Crippen molar-refractivity contribution in [1.29, 1.82) is 0 Å². The second-order valence-corrected chi connectivity index (χ2v) is 6.02. The smallest absolute Gasteiger partial charge is 0.258 e. The summed E-state index contributed by atoms with van der Waals surface area (Å²) in [5.74, 6) is -0.157. The highest BCUT2D eigenvalue weighted by Crippen LogP contribution is 2.31. The monoisotopic (exact) mass is 299 g/mol. The van der Waals surface area contributed by atoms with Gasteiger partial charge in [0.05, 0.1) is 11.6 Å². The highest BCUT2D eigenvalue weighted by atomic mass is 32.1. The molecule has 1 aromatic carbocycles. The van der Waals surface area contributed by atoms with Crippen molar-refractivity contribution in [3.63, 3.8) is 0 Å². The molecule has 1 amide bonds. The van der Waals surface area contributed by atoms with Crippen LogP contribution >= 0.6 is 11.3 Å². The van der Waals surface area contributed by atoms with Crippen LogP contribution in [0.25, 0.3) is 11.3 Å². The van der Waals surface area contributed by atoms with E-state index >= 15 is 0 Å². The van der Waals surface area contributed by atoms with Crippen molar-refractivity contribution in [2.45, 2.75) is 27.2 Å². The van der Waals surface area contributed by atoms with Crippen molar-refractivity contribution in [1.82, 2.24) is 4.98 Å². The summed E-state index contributed by atoms with van der Waals surface area (Å²) in [4.78, 5) is 16.7. The molecule has 1 aliphatic rings. The van der Waals surface area contributed by atoms with Crippen LogP contribution in [0.2, 0.25) is 0 Å². The fourth-order valence-corrected chi connectivity index (χ4v) is 2.99. The Morgan fingerprint density at radius 3 is 2.57 bits per heavy atom. The number of nitrogens with zero attached hydrogens (tertiary/aromatic N) is 3. The second kappa shape index (κ2) is 5.41. The average Bonchev–Trinajstić information content (AvgIpc) is 3.08. The minimum atomic E-state index is -0.152. The summed E-state index contributed by atoms with van der Waals surface area (Å²) in [5.41, 5.74) is 4.09. The van der Waals surface area contributed by atoms with Gasteiger partial charge in [0.2, 0.25) is 5.13 Å². The van der Waals surface area contributed by atoms with E-state index in [1.807, 2.05) is 19.2 Å². The molecule has 2 aromatic rings. The van der Waals surface area contributed by atoms with Crippen molar-refractivity contribution >= 4 is 28.1 Å². The van der Waals surface area contributed by atoms with Gasteiger partial charge in [-0.25, -0.2) is 4.98 Å². The molecule has 1 aliphatic heterocycles. The molecule has 0 unspecified atom stereocenters. The van der Waals surface area contributed by atoms with Gasteiger partial charge in [-0.15, -0.1) is 11.3 Å². The van der Waals surface area contributed by atoms with Crippen molar-refractivity contribution in [2.24, 2.45) is 11.0 Å². The number of carbonyl (C=O) groups excluding carboxylic acids is 1. The first kappa shape index (κ1) is 13.9. The molecule has 108 valence electrons. The fraction of sp³-hybridized carbons (Fsp3) is 0.312. The van der Waals surface area contributed by atoms with E-state index in [2.05, 4.69) is 41.3 Å². The molecule has 0 spiro atoms. The van der Waals surface area contributed by atoms with E-state index in [0.717, 1.165) is 23.4 Å². The van der Waals surface area contributed by atoms with Gasteiger partial charge in [-0.3, -0.25) is 4.79 Å². The molecule has 0 fully saturated rings. The van der Waals surface area contributed by atoms with Crippen LogP contribution < -0.4 is 5.01 Å². The Labute approximate surface area is 128 Å². The summed E-state index contributed by atoms with van der Waals surface area (Å²) in [6.45, 7) is 5.89. The van der Waals surface area contributed by atoms with Crippen LogP contribution in [-0.2, 0) is 11.2 Å². The molecular formula is C16H17N3OS. The number of aryl methyl sites for hydroxylation is 1. The Balaban J connectivity index is 1.88. The van der Waals surface area contributed by atoms with E-state index < -0.39 is 0 Å². The molecule has 2 heterocycles. The topological polar surface area (TPSA) is 45.6 Å². The summed E-state index contributed by atoms with van der Waals surface area (Å²) in [6, 6.07) is 8.36. The molecule has 5 heteroatoms. The Morgan fingerprint density at radius 2 is 2.00 bits per heavy atom. The zero-order valence-electron chi connectivity index (χ0n) is 12.3. The molecular weight excluding hydrogens is 282 g/mol. The maximum atomic E-state index is 12.1. The SMILES string of the molecule is CCc1ccc(-c2csc(N3N=C(C)[C@@H](C)C3=O)n2)cc1. The third kappa shape index (κ3) is 2.49. The van der Waals surface area contributed by atoms with Crippen LogP contribution in [0.3, 0.4) is 0 Å². The number of benzene rings is 1. The van der Waals surface area contributed by atoms with Crippen LogP contribution in [0, 0.1) is 5.92 Å². The largest absolute Gasteiger partial charge is 0.272 e. The number of hydrazone groups is 1. The Morgan fingerprint density at radius 1 is 1.29 bits per heavy atom. The summed E-state index contributed by atoms with van der Waals surface area (Å²) < 4.78 is 0. The third-order valence-corrected chi connectivity index (χ3v) is 4.61. The van der Waals surface area contributed by atoms with E-state index in [0.29, 0.717) is 5.13 Å². The lowest BCUT2D eigenvalue weighted by Gasteiger charge is -2.08. The van der Waals surface area contributed by atoms with Crippen molar-refractivity contribution in [3.05, 3.63) is 35.2 Å². The summed E-state index contributed by atoms with van der Waals surface area (Å²) in [6.07, 6.45) is 1.02. The Kier molecular flexibility index (Phi) is 3.59. The van der Waals surface area contributed by atoms with Gasteiger partial charge in [0.15, 0.2) is 0 Å². The van der Waals surface area contributed by atoms with Crippen LogP contribution in [0.15, 0.2) is 34.7 Å². The number of amides is 1. The first-order valence-corrected chi connectivity index (χ1v) is 7.92. The zero-order valence-corrected chi connectivity index (χ0v) is 13.1. The maximum absolute atomic E-state index is 12.1. The quantitative estimate of drug-likeness (QED) is 0.867. The lowest BCUT2D eigenvalue weighted by atomic mass is 10.1. The van der Waals surface area contributed by atoms with Gasteiger partial charge < -0.3 is 0 Å². The van der Waals surface area contributed by atoms with Gasteiger partial charge in [0.1, 0.15) is 0 Å². The van der Waals surface area contributed by atoms with E-state index in [-0.39, 0.29) is 11.8 Å². The van der Waals surface area contributed by atoms with E-state index in [4.69, 9.17) is 0 Å². The predicted octanol–water partition coefficient (Wildman–Crippen LogP) is 3.73. The summed E-state index contributed by atoms with van der Waals surface area (Å²) in [5, 5.41) is 8.34. The number of aromatic nitrogens is 1. The summed E-state index contributed by atoms with van der Waals surface area (Å²) >= 11 is 1.45. The third-order valence-electron chi connectivity index (χ3n) is 3.79. The normalized spacial score (nSPS) is 18.2. The second-order valence-electron chi connectivity index (χ2n) is 5.18. The minimum Gasteiger partial charge on any atom is -0.272 e. The minimum absolute atomic E-state index is 0.00488. The molecule has 0 saturated carbocycles. The van der Waals surface area contributed by atoms with Crippen molar-refractivity contribution < 1.29 is 4.79 Å². The Hall–Kier alpha value is -2.01. The molecule has 0 N–H and O–H groups in total. The lowest BCUT2D eigenvalue weighted by molar-refractivity contribution is -0.119. The first-order chi connectivity index (χ1) is 10.1. The molecule has 0 saturated heterocycles. The predicted molar refractivity (Wildman–Crippen MR) is 86.7 cm³/mol. The van der Waals surface area contributed by atoms with Gasteiger partial charge >= 0.3 is 0 Å². The Bertz CT molecular complexity index is 703. The van der Waals surface area contributed by atoms with Gasteiger partial charge in [-0.05, 0) is 25.8 Å². The van der Waals surface area contributed by atoms with E-state index in [9.17, 15) is 4.79 Å². The molecule has 4 nitrogen and oxygen atoms in total. The maximum Gasteiger partial charge on any atom is 0.258 e. The van der Waals surface area contributed by atoms with E-state index in [1.54, 1.807) is 0 Å². The number of thiazole rings is 1. The number of hydrogen-bond acceptors (Lipinski definition) is 4. The van der Waals surface area contributed by atoms with E-state index in [1.165, 1.54) is 21.9 Å². The highest BCUT2D eigenvalue weighted by Gasteiger charge is 2.32. The highest BCUT2D eigenvalue weighted by molar-refractivity contribution is 7.14. The molecule has 21 heavy (non-hydrogen) atoms. The number of anilines is 1. The van der Waals surface area contributed by atoms with Crippen LogP contribution in [0.5, 0.6) is 0 Å². The molecule has 0 aliphatic carbocycles. The van der Waals surface area contributed by atoms with Gasteiger partial charge in [0, 0.05) is 16.7 Å². The summed E-state index contributed by atoms with van der Waals surface area (Å²) in [7, 11) is 0. The number of carbonyl (C=O) groups is 1. The number of hydrogen-bond donors (Lipinski definition) is 0. The molecule has 1 aromatic heterocycles. The molecule has 0 radical (unpaired) electrons. The van der Waals surface area contributed by atoms with Crippen LogP contribution in [0.1, 0.15) is 26.3 Å².